The topological polar surface area (TPSA) is 40.5 Å². The summed E-state index contributed by atoms with van der Waals surface area (Å²) in [7, 11) is 0. The highest BCUT2D eigenvalue weighted by Gasteiger charge is 2.26. The number of hydrogen-bond donors (Lipinski definition) is 1. The SMILES string of the molecule is O=C(CN1CCCC1CO)c1sccc1Br. The maximum absolute atomic E-state index is 12.0. The van der Waals surface area contributed by atoms with E-state index in [1.54, 1.807) is 0 Å². The normalized spacial score (nSPS) is 21.5. The largest absolute Gasteiger partial charge is 0.395 e. The molecule has 0 saturated carbocycles. The van der Waals surface area contributed by atoms with Crippen molar-refractivity contribution in [2.45, 2.75) is 18.9 Å². The fourth-order valence-electron chi connectivity index (χ4n) is 2.06. The lowest BCUT2D eigenvalue weighted by Crippen LogP contribution is -2.36. The Bertz CT molecular complexity index is 380. The number of rotatable bonds is 4. The first-order valence-corrected chi connectivity index (χ1v) is 7.00. The zero-order valence-corrected chi connectivity index (χ0v) is 11.3. The summed E-state index contributed by atoms with van der Waals surface area (Å²) in [6.07, 6.45) is 2.07. The molecule has 0 radical (unpaired) electrons. The smallest absolute Gasteiger partial charge is 0.187 e. The van der Waals surface area contributed by atoms with Gasteiger partial charge in [0.2, 0.25) is 0 Å². The van der Waals surface area contributed by atoms with Crippen molar-refractivity contribution in [3.8, 4) is 0 Å². The van der Waals surface area contributed by atoms with Crippen molar-refractivity contribution in [2.24, 2.45) is 0 Å². The number of Topliss-reactive ketones (excluding diaryl/α,β-unsaturated/α-hetero) is 1. The van der Waals surface area contributed by atoms with Crippen molar-refractivity contribution in [2.75, 3.05) is 19.7 Å². The first kappa shape index (κ1) is 12.2. The molecule has 2 rings (SSSR count). The zero-order chi connectivity index (χ0) is 11.5. The van der Waals surface area contributed by atoms with Gasteiger partial charge in [-0.3, -0.25) is 9.69 Å². The van der Waals surface area contributed by atoms with Crippen LogP contribution in [0.15, 0.2) is 15.9 Å². The zero-order valence-electron chi connectivity index (χ0n) is 8.86. The molecule has 1 N–H and O–H groups in total. The number of thiophene rings is 1. The predicted octanol–water partition coefficient (Wildman–Crippen LogP) is 2.15. The molecule has 0 spiro atoms. The number of halogens is 1. The molecule has 1 aromatic rings. The fraction of sp³-hybridized carbons (Fsp3) is 0.545. The van der Waals surface area contributed by atoms with Gasteiger partial charge in [0.05, 0.1) is 18.0 Å². The Morgan fingerprint density at radius 2 is 2.50 bits per heavy atom. The van der Waals surface area contributed by atoms with Crippen molar-refractivity contribution in [1.82, 2.24) is 4.90 Å². The minimum absolute atomic E-state index is 0.141. The maximum Gasteiger partial charge on any atom is 0.187 e. The number of hydrogen-bond acceptors (Lipinski definition) is 4. The van der Waals surface area contributed by atoms with Crippen LogP contribution in [0.2, 0.25) is 0 Å². The molecule has 1 saturated heterocycles. The van der Waals surface area contributed by atoms with Crippen LogP contribution in [0.3, 0.4) is 0 Å². The van der Waals surface area contributed by atoms with E-state index in [9.17, 15) is 9.90 Å². The number of nitrogens with zero attached hydrogens (tertiary/aromatic N) is 1. The Morgan fingerprint density at radius 1 is 1.69 bits per heavy atom. The number of ketones is 1. The maximum atomic E-state index is 12.0. The highest BCUT2D eigenvalue weighted by atomic mass is 79.9. The van der Waals surface area contributed by atoms with E-state index in [0.29, 0.717) is 6.54 Å². The lowest BCUT2D eigenvalue weighted by molar-refractivity contribution is 0.0891. The molecule has 5 heteroatoms. The average molecular weight is 304 g/mol. The van der Waals surface area contributed by atoms with Gasteiger partial charge < -0.3 is 5.11 Å². The molecular formula is C11H14BrNO2S. The van der Waals surface area contributed by atoms with Crippen molar-refractivity contribution in [3.63, 3.8) is 0 Å². The fourth-order valence-corrected chi connectivity index (χ4v) is 3.58. The Balaban J connectivity index is 2.00. The Kier molecular flexibility index (Phi) is 4.13. The van der Waals surface area contributed by atoms with Crippen molar-refractivity contribution >= 4 is 33.0 Å². The number of aliphatic hydroxyl groups is 1. The molecule has 2 heterocycles. The molecule has 0 aromatic carbocycles. The van der Waals surface area contributed by atoms with Crippen molar-refractivity contribution in [1.29, 1.82) is 0 Å². The molecule has 1 unspecified atom stereocenters. The third-order valence-electron chi connectivity index (χ3n) is 2.93. The van der Waals surface area contributed by atoms with Crippen LogP contribution in [0.25, 0.3) is 0 Å². The van der Waals surface area contributed by atoms with Gasteiger partial charge in [0.1, 0.15) is 0 Å². The summed E-state index contributed by atoms with van der Waals surface area (Å²) in [4.78, 5) is 14.9. The van der Waals surface area contributed by atoms with E-state index in [-0.39, 0.29) is 18.4 Å². The number of aliphatic hydroxyl groups excluding tert-OH is 1. The molecule has 1 aromatic heterocycles. The molecule has 0 bridgehead atoms. The Hall–Kier alpha value is -0.230. The van der Waals surface area contributed by atoms with Gasteiger partial charge in [-0.25, -0.2) is 0 Å². The van der Waals surface area contributed by atoms with Crippen LogP contribution in [-0.2, 0) is 0 Å². The second kappa shape index (κ2) is 5.40. The van der Waals surface area contributed by atoms with E-state index in [1.807, 2.05) is 11.4 Å². The second-order valence-electron chi connectivity index (χ2n) is 3.97. The quantitative estimate of drug-likeness (QED) is 0.867. The first-order valence-electron chi connectivity index (χ1n) is 5.33. The molecule has 1 aliphatic rings. The molecule has 0 amide bonds. The van der Waals surface area contributed by atoms with Crippen LogP contribution in [0.1, 0.15) is 22.5 Å². The highest BCUT2D eigenvalue weighted by molar-refractivity contribution is 9.10. The van der Waals surface area contributed by atoms with E-state index >= 15 is 0 Å². The Morgan fingerprint density at radius 3 is 3.12 bits per heavy atom. The molecule has 16 heavy (non-hydrogen) atoms. The van der Waals surface area contributed by atoms with Crippen LogP contribution in [0, 0.1) is 0 Å². The van der Waals surface area contributed by atoms with Crippen LogP contribution in [0.5, 0.6) is 0 Å². The highest BCUT2D eigenvalue weighted by Crippen LogP contribution is 2.24. The van der Waals surface area contributed by atoms with Gasteiger partial charge in [-0.2, -0.15) is 0 Å². The lowest BCUT2D eigenvalue weighted by Gasteiger charge is -2.21. The van der Waals surface area contributed by atoms with Crippen molar-refractivity contribution in [3.05, 3.63) is 20.8 Å². The standard InChI is InChI=1S/C11H14BrNO2S/c12-9-3-5-16-11(9)10(15)6-13-4-1-2-8(13)7-14/h3,5,8,14H,1-2,4,6-7H2. The van der Waals surface area contributed by atoms with Gasteiger partial charge in [-0.1, -0.05) is 0 Å². The van der Waals surface area contributed by atoms with E-state index in [4.69, 9.17) is 0 Å². The Labute approximate surface area is 107 Å². The second-order valence-corrected chi connectivity index (χ2v) is 5.74. The summed E-state index contributed by atoms with van der Waals surface area (Å²) in [5, 5.41) is 11.1. The summed E-state index contributed by atoms with van der Waals surface area (Å²) in [6, 6.07) is 2.06. The van der Waals surface area contributed by atoms with Gasteiger partial charge in [-0.15, -0.1) is 11.3 Å². The third-order valence-corrected chi connectivity index (χ3v) is 4.81. The van der Waals surface area contributed by atoms with Gasteiger partial charge in [0, 0.05) is 10.5 Å². The molecule has 0 aliphatic carbocycles. The van der Waals surface area contributed by atoms with Crippen LogP contribution < -0.4 is 0 Å². The summed E-state index contributed by atoms with van der Waals surface area (Å²) < 4.78 is 0.877. The molecule has 3 nitrogen and oxygen atoms in total. The summed E-state index contributed by atoms with van der Waals surface area (Å²) >= 11 is 4.83. The molecule has 1 aliphatic heterocycles. The number of carbonyl (C=O) groups excluding carboxylic acids is 1. The van der Waals surface area contributed by atoms with E-state index in [1.165, 1.54) is 11.3 Å². The van der Waals surface area contributed by atoms with E-state index < -0.39 is 0 Å². The van der Waals surface area contributed by atoms with Crippen molar-refractivity contribution < 1.29 is 9.90 Å². The van der Waals surface area contributed by atoms with E-state index in [0.717, 1.165) is 28.7 Å². The lowest BCUT2D eigenvalue weighted by atomic mass is 10.2. The number of carbonyl (C=O) groups is 1. The van der Waals surface area contributed by atoms with Crippen LogP contribution in [0.4, 0.5) is 0 Å². The first-order chi connectivity index (χ1) is 7.72. The van der Waals surface area contributed by atoms with Gasteiger partial charge in [0.25, 0.3) is 0 Å². The van der Waals surface area contributed by atoms with Crippen LogP contribution in [-0.4, -0.2) is 41.5 Å². The van der Waals surface area contributed by atoms with Gasteiger partial charge in [0.15, 0.2) is 5.78 Å². The molecule has 1 fully saturated rings. The minimum atomic E-state index is 0.141. The average Bonchev–Trinajstić information content (AvgIpc) is 2.86. The third kappa shape index (κ3) is 2.53. The summed E-state index contributed by atoms with van der Waals surface area (Å²) in [6.45, 7) is 1.49. The molecule has 1 atom stereocenters. The summed E-state index contributed by atoms with van der Waals surface area (Å²) in [5.74, 6) is 0.141. The minimum Gasteiger partial charge on any atom is -0.395 e. The van der Waals surface area contributed by atoms with Gasteiger partial charge >= 0.3 is 0 Å². The monoisotopic (exact) mass is 303 g/mol. The summed E-state index contributed by atoms with van der Waals surface area (Å²) in [5.41, 5.74) is 0. The molecule has 88 valence electrons. The van der Waals surface area contributed by atoms with Gasteiger partial charge in [-0.05, 0) is 46.8 Å². The van der Waals surface area contributed by atoms with Crippen LogP contribution >= 0.6 is 27.3 Å². The molecular weight excluding hydrogens is 290 g/mol. The van der Waals surface area contributed by atoms with E-state index in [2.05, 4.69) is 20.8 Å². The number of likely N-dealkylation sites (tertiary alicyclic amines) is 1. The predicted molar refractivity (Wildman–Crippen MR) is 68.0 cm³/mol.